The van der Waals surface area contributed by atoms with Gasteiger partial charge in [-0.1, -0.05) is 0 Å². The van der Waals surface area contributed by atoms with E-state index in [0.717, 1.165) is 18.8 Å². The van der Waals surface area contributed by atoms with E-state index < -0.39 is 0 Å². The van der Waals surface area contributed by atoms with Crippen molar-refractivity contribution in [2.24, 2.45) is 0 Å². The van der Waals surface area contributed by atoms with E-state index in [4.69, 9.17) is 9.47 Å². The fourth-order valence-corrected chi connectivity index (χ4v) is 3.57. The van der Waals surface area contributed by atoms with E-state index in [1.165, 1.54) is 6.42 Å². The molecule has 0 saturated carbocycles. The lowest BCUT2D eigenvalue weighted by atomic mass is 9.91. The van der Waals surface area contributed by atoms with Gasteiger partial charge in [-0.15, -0.1) is 0 Å². The number of aromatic nitrogens is 1. The molecule has 7 nitrogen and oxygen atoms in total. The molecule has 2 aromatic rings. The molecule has 2 N–H and O–H groups in total. The number of amides is 1. The number of carbonyl (C=O) groups is 1. The highest BCUT2D eigenvalue weighted by Gasteiger charge is 2.36. The van der Waals surface area contributed by atoms with E-state index >= 15 is 0 Å². The van der Waals surface area contributed by atoms with E-state index in [0.29, 0.717) is 34.8 Å². The average molecular weight is 354 g/mol. The van der Waals surface area contributed by atoms with Crippen molar-refractivity contribution in [3.8, 4) is 11.5 Å². The Hall–Kier alpha value is -2.80. The highest BCUT2D eigenvalue weighted by Crippen LogP contribution is 2.30. The number of rotatable bonds is 5. The predicted octanol–water partition coefficient (Wildman–Crippen LogP) is 1.90. The first-order valence-electron chi connectivity index (χ1n) is 8.65. The second kappa shape index (κ2) is 6.84. The molecule has 7 heteroatoms. The largest absolute Gasteiger partial charge is 0.493 e. The SMILES string of the molecule is COc1ccc(NC(=O)c2cncc(N3CC4CC(C3)N4)c2)cc1OC. The number of anilines is 2. The van der Waals surface area contributed by atoms with Crippen LogP contribution in [-0.2, 0) is 0 Å². The number of piperidine rings is 1. The molecule has 1 aromatic carbocycles. The van der Waals surface area contributed by atoms with Gasteiger partial charge in [0.15, 0.2) is 11.5 Å². The minimum Gasteiger partial charge on any atom is -0.493 e. The number of pyridine rings is 1. The van der Waals surface area contributed by atoms with Crippen molar-refractivity contribution in [2.45, 2.75) is 18.5 Å². The molecule has 3 aliphatic rings. The molecule has 0 spiro atoms. The van der Waals surface area contributed by atoms with Crippen molar-refractivity contribution in [3.63, 3.8) is 0 Å². The minimum absolute atomic E-state index is 0.202. The lowest BCUT2D eigenvalue weighted by molar-refractivity contribution is 0.102. The Kier molecular flexibility index (Phi) is 4.38. The molecule has 3 saturated heterocycles. The van der Waals surface area contributed by atoms with E-state index in [9.17, 15) is 4.79 Å². The maximum Gasteiger partial charge on any atom is 0.257 e. The molecule has 0 radical (unpaired) electrons. The van der Waals surface area contributed by atoms with E-state index in [2.05, 4.69) is 20.5 Å². The number of nitrogens with zero attached hydrogens (tertiary/aromatic N) is 2. The maximum absolute atomic E-state index is 12.6. The number of hydrogen-bond acceptors (Lipinski definition) is 6. The van der Waals surface area contributed by atoms with Gasteiger partial charge in [0.1, 0.15) is 0 Å². The first kappa shape index (κ1) is 16.7. The van der Waals surface area contributed by atoms with Gasteiger partial charge < -0.3 is 25.0 Å². The number of nitrogens with one attached hydrogen (secondary N) is 2. The van der Waals surface area contributed by atoms with Crippen LogP contribution in [0.5, 0.6) is 11.5 Å². The molecule has 5 rings (SSSR count). The molecule has 1 amide bonds. The van der Waals surface area contributed by atoms with Crippen LogP contribution in [0.3, 0.4) is 0 Å². The third kappa shape index (κ3) is 3.17. The van der Waals surface area contributed by atoms with Crippen LogP contribution in [0.1, 0.15) is 16.8 Å². The molecule has 0 aliphatic carbocycles. The van der Waals surface area contributed by atoms with Crippen LogP contribution in [0.15, 0.2) is 36.7 Å². The second-order valence-corrected chi connectivity index (χ2v) is 6.66. The van der Waals surface area contributed by atoms with Gasteiger partial charge >= 0.3 is 0 Å². The van der Waals surface area contributed by atoms with Gasteiger partial charge in [0.25, 0.3) is 5.91 Å². The summed E-state index contributed by atoms with van der Waals surface area (Å²) < 4.78 is 10.5. The molecule has 4 heterocycles. The standard InChI is InChI=1S/C19H22N4O3/c1-25-17-4-3-13(7-18(17)26-2)22-19(24)12-5-16(9-20-8-12)23-10-14-6-15(11-23)21-14/h3-5,7-9,14-15,21H,6,10-11H2,1-2H3,(H,22,24). The summed E-state index contributed by atoms with van der Waals surface area (Å²) in [6.07, 6.45) is 4.64. The summed E-state index contributed by atoms with van der Waals surface area (Å²) in [5.74, 6) is 0.982. The van der Waals surface area contributed by atoms with Crippen molar-refractivity contribution in [1.29, 1.82) is 0 Å². The molecule has 2 atom stereocenters. The molecular formula is C19H22N4O3. The molecular weight excluding hydrogens is 332 g/mol. The van der Waals surface area contributed by atoms with Gasteiger partial charge in [0.05, 0.1) is 31.7 Å². The fraction of sp³-hybridized carbons (Fsp3) is 0.368. The zero-order chi connectivity index (χ0) is 18.1. The number of piperazine rings is 1. The zero-order valence-electron chi connectivity index (χ0n) is 14.9. The number of carbonyl (C=O) groups excluding carboxylic acids is 1. The molecule has 136 valence electrons. The highest BCUT2D eigenvalue weighted by molar-refractivity contribution is 6.04. The van der Waals surface area contributed by atoms with Crippen molar-refractivity contribution in [1.82, 2.24) is 10.3 Å². The van der Waals surface area contributed by atoms with Crippen LogP contribution in [0.2, 0.25) is 0 Å². The first-order valence-corrected chi connectivity index (χ1v) is 8.65. The topological polar surface area (TPSA) is 75.7 Å². The van der Waals surface area contributed by atoms with Gasteiger partial charge in [0, 0.05) is 43.1 Å². The van der Waals surface area contributed by atoms with Crippen LogP contribution in [0.4, 0.5) is 11.4 Å². The van der Waals surface area contributed by atoms with Gasteiger partial charge in [-0.2, -0.15) is 0 Å². The summed E-state index contributed by atoms with van der Waals surface area (Å²) in [6, 6.07) is 8.28. The van der Waals surface area contributed by atoms with E-state index in [1.807, 2.05) is 12.3 Å². The Labute approximate surface area is 152 Å². The second-order valence-electron chi connectivity index (χ2n) is 6.66. The molecule has 2 unspecified atom stereocenters. The molecule has 3 fully saturated rings. The molecule has 26 heavy (non-hydrogen) atoms. The Balaban J connectivity index is 1.49. The minimum atomic E-state index is -0.202. The van der Waals surface area contributed by atoms with Crippen LogP contribution in [0, 0.1) is 0 Å². The lowest BCUT2D eigenvalue weighted by Gasteiger charge is -2.49. The quantitative estimate of drug-likeness (QED) is 0.854. The summed E-state index contributed by atoms with van der Waals surface area (Å²) >= 11 is 0. The molecule has 2 bridgehead atoms. The Morgan fingerprint density at radius 1 is 1.15 bits per heavy atom. The van der Waals surface area contributed by atoms with E-state index in [-0.39, 0.29) is 5.91 Å². The number of benzene rings is 1. The van der Waals surface area contributed by atoms with Gasteiger partial charge in [0.2, 0.25) is 0 Å². The summed E-state index contributed by atoms with van der Waals surface area (Å²) in [5, 5.41) is 6.39. The summed E-state index contributed by atoms with van der Waals surface area (Å²) in [6.45, 7) is 1.91. The number of ether oxygens (including phenoxy) is 2. The zero-order valence-corrected chi connectivity index (χ0v) is 14.9. The predicted molar refractivity (Wildman–Crippen MR) is 99.3 cm³/mol. The number of fused-ring (bicyclic) bond motifs is 2. The van der Waals surface area contributed by atoms with Crippen LogP contribution in [0.25, 0.3) is 0 Å². The fourth-order valence-electron chi connectivity index (χ4n) is 3.57. The first-order chi connectivity index (χ1) is 12.7. The summed E-state index contributed by atoms with van der Waals surface area (Å²) in [4.78, 5) is 19.2. The third-order valence-corrected chi connectivity index (χ3v) is 4.91. The number of hydrogen-bond donors (Lipinski definition) is 2. The molecule has 3 aliphatic heterocycles. The van der Waals surface area contributed by atoms with Crippen LogP contribution >= 0.6 is 0 Å². The van der Waals surface area contributed by atoms with Gasteiger partial charge in [-0.3, -0.25) is 9.78 Å². The number of methoxy groups -OCH3 is 2. The van der Waals surface area contributed by atoms with E-state index in [1.54, 1.807) is 38.6 Å². The van der Waals surface area contributed by atoms with Gasteiger partial charge in [-0.25, -0.2) is 0 Å². The van der Waals surface area contributed by atoms with Gasteiger partial charge in [-0.05, 0) is 24.6 Å². The molecule has 1 aromatic heterocycles. The van der Waals surface area contributed by atoms with Crippen LogP contribution in [-0.4, -0.2) is 50.3 Å². The third-order valence-electron chi connectivity index (χ3n) is 4.91. The summed E-state index contributed by atoms with van der Waals surface area (Å²) in [7, 11) is 3.14. The van der Waals surface area contributed by atoms with Crippen molar-refractivity contribution < 1.29 is 14.3 Å². The van der Waals surface area contributed by atoms with Crippen molar-refractivity contribution >= 4 is 17.3 Å². The monoisotopic (exact) mass is 354 g/mol. The van der Waals surface area contributed by atoms with Crippen molar-refractivity contribution in [2.75, 3.05) is 37.5 Å². The summed E-state index contributed by atoms with van der Waals surface area (Å²) in [5.41, 5.74) is 2.16. The average Bonchev–Trinajstić information content (AvgIpc) is 2.67. The Morgan fingerprint density at radius 2 is 1.88 bits per heavy atom. The van der Waals surface area contributed by atoms with Crippen LogP contribution < -0.4 is 25.0 Å². The lowest BCUT2D eigenvalue weighted by Crippen LogP contribution is -2.67. The Morgan fingerprint density at radius 3 is 2.58 bits per heavy atom. The maximum atomic E-state index is 12.6. The normalized spacial score (nSPS) is 20.9. The Bertz CT molecular complexity index is 810. The highest BCUT2D eigenvalue weighted by atomic mass is 16.5. The smallest absolute Gasteiger partial charge is 0.257 e. The van der Waals surface area contributed by atoms with Crippen molar-refractivity contribution in [3.05, 3.63) is 42.2 Å².